The van der Waals surface area contributed by atoms with E-state index in [1.807, 2.05) is 0 Å². The molecule has 0 radical (unpaired) electrons. The summed E-state index contributed by atoms with van der Waals surface area (Å²) in [5.74, 6) is -0.578. The molecule has 0 aromatic rings. The molecule has 5 nitrogen and oxygen atoms in total. The van der Waals surface area contributed by atoms with Crippen LogP contribution in [-0.4, -0.2) is 43.1 Å². The summed E-state index contributed by atoms with van der Waals surface area (Å²) in [5.41, 5.74) is 0. The van der Waals surface area contributed by atoms with Crippen LogP contribution < -0.4 is 51.4 Å². The van der Waals surface area contributed by atoms with Gasteiger partial charge in [-0.3, -0.25) is 4.79 Å². The predicted octanol–water partition coefficient (Wildman–Crippen LogP) is 4.60. The van der Waals surface area contributed by atoms with Crippen LogP contribution in [0, 0.1) is 0 Å². The molecule has 0 aliphatic carbocycles. The van der Waals surface area contributed by atoms with E-state index in [4.69, 9.17) is 0 Å². The third-order valence-corrected chi connectivity index (χ3v) is 7.28. The summed E-state index contributed by atoms with van der Waals surface area (Å²) in [4.78, 5) is 13.2. The first-order valence-electron chi connectivity index (χ1n) is 14.0. The summed E-state index contributed by atoms with van der Waals surface area (Å²) in [7, 11) is -2.69. The fourth-order valence-corrected chi connectivity index (χ4v) is 4.77. The molecule has 0 heterocycles. The third kappa shape index (κ3) is 29.2. The molecule has 0 aromatic heterocycles. The molecule has 0 unspecified atom stereocenters. The standard InChI is InChI=1S/C27H55NO4S.K/c1-3-4-5-6-7-8-9-10-11-12-13-14-15-16-17-18-19-20-21-22-23-24-27(29)28(2)25-26-33(30,31)32;/h3-26H2,1-2H3,(H,30,31,32);/q;+1/p-1. The van der Waals surface area contributed by atoms with Crippen LogP contribution in [-0.2, 0) is 14.9 Å². The van der Waals surface area contributed by atoms with Crippen LogP contribution in [0.1, 0.15) is 148 Å². The summed E-state index contributed by atoms with van der Waals surface area (Å²) in [6, 6.07) is 0. The smallest absolute Gasteiger partial charge is 0.748 e. The summed E-state index contributed by atoms with van der Waals surface area (Å²) in [5, 5.41) is 0. The van der Waals surface area contributed by atoms with Gasteiger partial charge in [0.05, 0.1) is 15.9 Å². The molecular weight excluding hydrogens is 473 g/mol. The Labute approximate surface area is 255 Å². The molecule has 7 heteroatoms. The zero-order chi connectivity index (χ0) is 24.6. The van der Waals surface area contributed by atoms with E-state index in [1.54, 1.807) is 7.05 Å². The number of hydrogen-bond acceptors (Lipinski definition) is 4. The second kappa shape index (κ2) is 27.1. The zero-order valence-corrected chi connectivity index (χ0v) is 26.9. The van der Waals surface area contributed by atoms with Gasteiger partial charge in [-0.25, -0.2) is 8.42 Å². The molecule has 0 bridgehead atoms. The molecule has 0 aliphatic heterocycles. The van der Waals surface area contributed by atoms with Gasteiger partial charge in [0, 0.05) is 20.0 Å². The van der Waals surface area contributed by atoms with Gasteiger partial charge in [0.1, 0.15) is 0 Å². The van der Waals surface area contributed by atoms with Crippen LogP contribution in [0.3, 0.4) is 0 Å². The molecule has 198 valence electrons. The van der Waals surface area contributed by atoms with E-state index in [0.29, 0.717) is 6.42 Å². The van der Waals surface area contributed by atoms with Crippen molar-refractivity contribution in [3.05, 3.63) is 0 Å². The zero-order valence-electron chi connectivity index (χ0n) is 23.0. The second-order valence-corrected chi connectivity index (χ2v) is 11.4. The Bertz CT molecular complexity index is 543. The van der Waals surface area contributed by atoms with Crippen molar-refractivity contribution in [3.63, 3.8) is 0 Å². The van der Waals surface area contributed by atoms with Gasteiger partial charge < -0.3 is 9.45 Å². The van der Waals surface area contributed by atoms with Crippen molar-refractivity contribution >= 4 is 16.0 Å². The maximum absolute atomic E-state index is 11.9. The maximum atomic E-state index is 11.9. The third-order valence-electron chi connectivity index (χ3n) is 6.60. The van der Waals surface area contributed by atoms with Crippen LogP contribution in [0.15, 0.2) is 0 Å². The molecule has 0 atom stereocenters. The van der Waals surface area contributed by atoms with E-state index >= 15 is 0 Å². The first-order valence-corrected chi connectivity index (χ1v) is 15.6. The quantitative estimate of drug-likeness (QED) is 0.0988. The SMILES string of the molecule is CCCCCCCCCCCCCCCCCCCCCCCC(=O)N(C)CCS(=O)(=O)[O-].[K+]. The van der Waals surface area contributed by atoms with Crippen molar-refractivity contribution in [2.75, 3.05) is 19.3 Å². The molecule has 0 fully saturated rings. The van der Waals surface area contributed by atoms with Crippen molar-refractivity contribution in [1.29, 1.82) is 0 Å². The Hall–Kier alpha value is 1.02. The molecule has 34 heavy (non-hydrogen) atoms. The Morgan fingerprint density at radius 1 is 0.618 bits per heavy atom. The van der Waals surface area contributed by atoms with Gasteiger partial charge in [-0.15, -0.1) is 0 Å². The Kier molecular flexibility index (Phi) is 29.6. The number of nitrogens with zero attached hydrogens (tertiary/aromatic N) is 1. The first-order chi connectivity index (χ1) is 15.9. The van der Waals surface area contributed by atoms with Gasteiger partial charge in [-0.1, -0.05) is 135 Å². The van der Waals surface area contributed by atoms with Crippen LogP contribution in [0.25, 0.3) is 0 Å². The van der Waals surface area contributed by atoms with Gasteiger partial charge in [0.2, 0.25) is 5.91 Å². The first kappa shape index (κ1) is 37.2. The number of rotatable bonds is 25. The van der Waals surface area contributed by atoms with E-state index in [1.165, 1.54) is 120 Å². The second-order valence-electron chi connectivity index (χ2n) is 9.90. The Morgan fingerprint density at radius 3 is 1.21 bits per heavy atom. The molecule has 0 saturated carbocycles. The van der Waals surface area contributed by atoms with Crippen molar-refractivity contribution in [3.8, 4) is 0 Å². The van der Waals surface area contributed by atoms with Crippen molar-refractivity contribution in [2.45, 2.75) is 148 Å². The van der Waals surface area contributed by atoms with Gasteiger partial charge >= 0.3 is 51.4 Å². The molecule has 0 aromatic carbocycles. The molecule has 0 N–H and O–H groups in total. The van der Waals surface area contributed by atoms with Crippen LogP contribution in [0.2, 0.25) is 0 Å². The monoisotopic (exact) mass is 527 g/mol. The van der Waals surface area contributed by atoms with Crippen LogP contribution in [0.5, 0.6) is 0 Å². The summed E-state index contributed by atoms with van der Waals surface area (Å²) >= 11 is 0. The van der Waals surface area contributed by atoms with Crippen molar-refractivity contribution in [1.82, 2.24) is 4.90 Å². The Morgan fingerprint density at radius 2 is 0.912 bits per heavy atom. The topological polar surface area (TPSA) is 77.5 Å². The minimum atomic E-state index is -4.25. The molecule has 0 spiro atoms. The van der Waals surface area contributed by atoms with Gasteiger partial charge in [-0.2, -0.15) is 0 Å². The number of amides is 1. The van der Waals surface area contributed by atoms with E-state index in [9.17, 15) is 17.8 Å². The maximum Gasteiger partial charge on any atom is 1.00 e. The number of hydrogen-bond donors (Lipinski definition) is 0. The van der Waals surface area contributed by atoms with Gasteiger partial charge in [-0.05, 0) is 6.42 Å². The van der Waals surface area contributed by atoms with Crippen LogP contribution in [0.4, 0.5) is 0 Å². The molecule has 0 saturated heterocycles. The summed E-state index contributed by atoms with van der Waals surface area (Å²) < 4.78 is 31.9. The van der Waals surface area contributed by atoms with E-state index in [2.05, 4.69) is 6.92 Å². The summed E-state index contributed by atoms with van der Waals surface area (Å²) in [6.45, 7) is 2.27. The molecule has 0 rings (SSSR count). The molecular formula is C27H54KNO4S. The largest absolute Gasteiger partial charge is 1.00 e. The van der Waals surface area contributed by atoms with Crippen LogP contribution >= 0.6 is 0 Å². The average molecular weight is 528 g/mol. The van der Waals surface area contributed by atoms with Crippen molar-refractivity contribution < 1.29 is 69.1 Å². The molecule has 1 amide bonds. The normalized spacial score (nSPS) is 11.4. The average Bonchev–Trinajstić information content (AvgIpc) is 2.77. The summed E-state index contributed by atoms with van der Waals surface area (Å²) in [6.07, 6.45) is 28.5. The number of unbranched alkanes of at least 4 members (excludes halogenated alkanes) is 20. The number of carbonyl (C=O) groups excluding carboxylic acids is 1. The fourth-order valence-electron chi connectivity index (χ4n) is 4.27. The Balaban J connectivity index is 0. The molecule has 0 aliphatic rings. The minimum Gasteiger partial charge on any atom is -0.748 e. The van der Waals surface area contributed by atoms with E-state index in [0.717, 1.165) is 19.3 Å². The fraction of sp³-hybridized carbons (Fsp3) is 0.963. The van der Waals surface area contributed by atoms with E-state index < -0.39 is 15.9 Å². The van der Waals surface area contributed by atoms with E-state index in [-0.39, 0.29) is 63.8 Å². The predicted molar refractivity (Wildman–Crippen MR) is 139 cm³/mol. The van der Waals surface area contributed by atoms with Crippen molar-refractivity contribution in [2.24, 2.45) is 0 Å². The minimum absolute atomic E-state index is 0. The van der Waals surface area contributed by atoms with Gasteiger partial charge in [0.15, 0.2) is 0 Å². The van der Waals surface area contributed by atoms with Gasteiger partial charge in [0.25, 0.3) is 0 Å². The number of carbonyl (C=O) groups is 1.